The standard InChI is InChI=1S/C15H21N5O/c1-21-10-11-5-9-19(11)15-12-2-6-16-7-3-13(12)18-14-4-8-17-20(14)15/h4,8,11,16H,2-3,5-7,9-10H2,1H3/t11-/m0/s1. The summed E-state index contributed by atoms with van der Waals surface area (Å²) < 4.78 is 7.37. The molecule has 21 heavy (non-hydrogen) atoms. The Morgan fingerprint density at radius 1 is 1.38 bits per heavy atom. The van der Waals surface area contributed by atoms with Crippen molar-refractivity contribution < 1.29 is 4.74 Å². The number of rotatable bonds is 3. The summed E-state index contributed by atoms with van der Waals surface area (Å²) in [6.45, 7) is 3.87. The van der Waals surface area contributed by atoms with Crippen molar-refractivity contribution in [3.63, 3.8) is 0 Å². The summed E-state index contributed by atoms with van der Waals surface area (Å²) in [7, 11) is 1.77. The summed E-state index contributed by atoms with van der Waals surface area (Å²) in [5.74, 6) is 1.23. The van der Waals surface area contributed by atoms with Gasteiger partial charge in [-0.3, -0.25) is 0 Å². The van der Waals surface area contributed by atoms with E-state index in [1.54, 1.807) is 7.11 Å². The molecule has 0 unspecified atom stereocenters. The number of nitrogens with zero attached hydrogens (tertiary/aromatic N) is 4. The van der Waals surface area contributed by atoms with Gasteiger partial charge in [0.15, 0.2) is 5.65 Å². The highest BCUT2D eigenvalue weighted by molar-refractivity contribution is 5.59. The van der Waals surface area contributed by atoms with Crippen molar-refractivity contribution in [2.75, 3.05) is 38.3 Å². The van der Waals surface area contributed by atoms with Crippen molar-refractivity contribution >= 4 is 11.5 Å². The lowest BCUT2D eigenvalue weighted by Crippen LogP contribution is -2.51. The minimum atomic E-state index is 0.463. The molecule has 0 aliphatic carbocycles. The van der Waals surface area contributed by atoms with Crippen molar-refractivity contribution in [1.29, 1.82) is 0 Å². The summed E-state index contributed by atoms with van der Waals surface area (Å²) >= 11 is 0. The van der Waals surface area contributed by atoms with Crippen LogP contribution in [0.2, 0.25) is 0 Å². The molecule has 4 heterocycles. The molecular weight excluding hydrogens is 266 g/mol. The molecule has 2 aliphatic heterocycles. The first-order chi connectivity index (χ1) is 10.4. The molecule has 0 radical (unpaired) electrons. The molecule has 2 aromatic heterocycles. The maximum atomic E-state index is 5.36. The lowest BCUT2D eigenvalue weighted by molar-refractivity contribution is 0.156. The molecule has 2 aromatic rings. The number of hydrogen-bond donors (Lipinski definition) is 1. The Morgan fingerprint density at radius 2 is 2.29 bits per heavy atom. The highest BCUT2D eigenvalue weighted by atomic mass is 16.5. The summed E-state index contributed by atoms with van der Waals surface area (Å²) in [5.41, 5.74) is 3.54. The number of anilines is 1. The Bertz CT molecular complexity index is 653. The van der Waals surface area contributed by atoms with E-state index in [4.69, 9.17) is 9.72 Å². The van der Waals surface area contributed by atoms with Crippen LogP contribution in [0.25, 0.3) is 5.65 Å². The smallest absolute Gasteiger partial charge is 0.157 e. The topological polar surface area (TPSA) is 54.7 Å². The Kier molecular flexibility index (Phi) is 3.27. The second-order valence-electron chi connectivity index (χ2n) is 5.80. The van der Waals surface area contributed by atoms with Gasteiger partial charge >= 0.3 is 0 Å². The molecule has 0 aromatic carbocycles. The largest absolute Gasteiger partial charge is 0.383 e. The zero-order chi connectivity index (χ0) is 14.2. The molecule has 112 valence electrons. The quantitative estimate of drug-likeness (QED) is 0.898. The molecule has 1 atom stereocenters. The van der Waals surface area contributed by atoms with Gasteiger partial charge in [-0.05, 0) is 19.4 Å². The Balaban J connectivity index is 1.85. The second kappa shape index (κ2) is 5.27. The average molecular weight is 287 g/mol. The molecule has 6 nitrogen and oxygen atoms in total. The first-order valence-corrected chi connectivity index (χ1v) is 7.70. The molecule has 1 N–H and O–H groups in total. The van der Waals surface area contributed by atoms with Crippen LogP contribution in [0.5, 0.6) is 0 Å². The number of aromatic nitrogens is 3. The van der Waals surface area contributed by atoms with Crippen LogP contribution in [-0.4, -0.2) is 54.0 Å². The maximum absolute atomic E-state index is 5.36. The summed E-state index contributed by atoms with van der Waals surface area (Å²) in [6, 6.07) is 2.46. The first-order valence-electron chi connectivity index (χ1n) is 7.70. The zero-order valence-electron chi connectivity index (χ0n) is 12.4. The molecule has 1 saturated heterocycles. The Labute approximate surface area is 124 Å². The number of hydrogen-bond acceptors (Lipinski definition) is 5. The van der Waals surface area contributed by atoms with Gasteiger partial charge in [0.1, 0.15) is 5.82 Å². The fourth-order valence-corrected chi connectivity index (χ4v) is 3.40. The van der Waals surface area contributed by atoms with Crippen LogP contribution in [0.1, 0.15) is 17.7 Å². The lowest BCUT2D eigenvalue weighted by atomic mass is 10.0. The highest BCUT2D eigenvalue weighted by Crippen LogP contribution is 2.32. The van der Waals surface area contributed by atoms with Gasteiger partial charge in [-0.25, -0.2) is 4.98 Å². The van der Waals surface area contributed by atoms with Crippen LogP contribution in [0, 0.1) is 0 Å². The minimum Gasteiger partial charge on any atom is -0.383 e. The zero-order valence-corrected chi connectivity index (χ0v) is 12.4. The van der Waals surface area contributed by atoms with Gasteiger partial charge in [-0.2, -0.15) is 9.61 Å². The summed E-state index contributed by atoms with van der Waals surface area (Å²) in [6.07, 6.45) is 5.04. The van der Waals surface area contributed by atoms with Crippen LogP contribution in [0.4, 0.5) is 5.82 Å². The number of methoxy groups -OCH3 is 1. The SMILES string of the molecule is COC[C@@H]1CCN1c1c2c(nc3ccnn13)CCNCC2. The molecule has 1 fully saturated rings. The average Bonchev–Trinajstić information content (AvgIpc) is 2.80. The van der Waals surface area contributed by atoms with Gasteiger partial charge in [-0.15, -0.1) is 0 Å². The van der Waals surface area contributed by atoms with Crippen LogP contribution >= 0.6 is 0 Å². The number of ether oxygens (including phenoxy) is 1. The molecule has 2 aliphatic rings. The second-order valence-corrected chi connectivity index (χ2v) is 5.80. The number of nitrogens with one attached hydrogen (secondary N) is 1. The van der Waals surface area contributed by atoms with E-state index in [1.165, 1.54) is 23.5 Å². The van der Waals surface area contributed by atoms with Crippen molar-refractivity contribution in [1.82, 2.24) is 19.9 Å². The van der Waals surface area contributed by atoms with E-state index in [0.717, 1.165) is 44.7 Å². The summed E-state index contributed by atoms with van der Waals surface area (Å²) in [4.78, 5) is 7.25. The van der Waals surface area contributed by atoms with Crippen LogP contribution in [-0.2, 0) is 17.6 Å². The van der Waals surface area contributed by atoms with Gasteiger partial charge in [0, 0.05) is 38.2 Å². The maximum Gasteiger partial charge on any atom is 0.157 e. The van der Waals surface area contributed by atoms with Gasteiger partial charge in [0.25, 0.3) is 0 Å². The third-order valence-electron chi connectivity index (χ3n) is 4.56. The lowest BCUT2D eigenvalue weighted by Gasteiger charge is -2.43. The number of fused-ring (bicyclic) bond motifs is 2. The highest BCUT2D eigenvalue weighted by Gasteiger charge is 2.33. The van der Waals surface area contributed by atoms with E-state index in [9.17, 15) is 0 Å². The van der Waals surface area contributed by atoms with Crippen LogP contribution < -0.4 is 10.2 Å². The molecule has 0 saturated carbocycles. The van der Waals surface area contributed by atoms with E-state index in [-0.39, 0.29) is 0 Å². The predicted octanol–water partition coefficient (Wildman–Crippen LogP) is 0.643. The predicted molar refractivity (Wildman–Crippen MR) is 80.9 cm³/mol. The minimum absolute atomic E-state index is 0.463. The third-order valence-corrected chi connectivity index (χ3v) is 4.56. The van der Waals surface area contributed by atoms with E-state index >= 15 is 0 Å². The van der Waals surface area contributed by atoms with Gasteiger partial charge < -0.3 is 15.0 Å². The van der Waals surface area contributed by atoms with Crippen LogP contribution in [0.15, 0.2) is 12.3 Å². The fourth-order valence-electron chi connectivity index (χ4n) is 3.40. The van der Waals surface area contributed by atoms with Crippen molar-refractivity contribution in [2.45, 2.75) is 25.3 Å². The van der Waals surface area contributed by atoms with E-state index < -0.39 is 0 Å². The molecule has 6 heteroatoms. The van der Waals surface area contributed by atoms with E-state index in [2.05, 4.69) is 15.3 Å². The van der Waals surface area contributed by atoms with Crippen molar-refractivity contribution in [3.8, 4) is 0 Å². The summed E-state index contributed by atoms with van der Waals surface area (Å²) in [5, 5.41) is 7.97. The Hall–Kier alpha value is -1.66. The molecule has 4 rings (SSSR count). The van der Waals surface area contributed by atoms with Crippen molar-refractivity contribution in [3.05, 3.63) is 23.5 Å². The third kappa shape index (κ3) is 2.10. The molecule has 0 amide bonds. The van der Waals surface area contributed by atoms with Gasteiger partial charge in [0.2, 0.25) is 0 Å². The first kappa shape index (κ1) is 13.0. The molecule has 0 spiro atoms. The van der Waals surface area contributed by atoms with Crippen LogP contribution in [0.3, 0.4) is 0 Å². The fraction of sp³-hybridized carbons (Fsp3) is 0.600. The normalized spacial score (nSPS) is 22.0. The monoisotopic (exact) mass is 287 g/mol. The Morgan fingerprint density at radius 3 is 3.10 bits per heavy atom. The van der Waals surface area contributed by atoms with E-state index in [0.29, 0.717) is 6.04 Å². The van der Waals surface area contributed by atoms with Gasteiger partial charge in [-0.1, -0.05) is 0 Å². The molecular formula is C15H21N5O. The molecule has 0 bridgehead atoms. The van der Waals surface area contributed by atoms with Gasteiger partial charge in [0.05, 0.1) is 24.5 Å². The van der Waals surface area contributed by atoms with E-state index in [1.807, 2.05) is 16.8 Å². The van der Waals surface area contributed by atoms with Crippen molar-refractivity contribution in [2.24, 2.45) is 0 Å².